The molecule has 8 heteroatoms. The summed E-state index contributed by atoms with van der Waals surface area (Å²) in [7, 11) is 4.92. The Bertz CT molecular complexity index is 742. The van der Waals surface area contributed by atoms with Crippen LogP contribution in [0.4, 0.5) is 5.69 Å². The van der Waals surface area contributed by atoms with Crippen LogP contribution in [0.15, 0.2) is 18.2 Å². The molecule has 0 fully saturated rings. The maximum absolute atomic E-state index is 13.3. The number of ether oxygens (including phenoxy) is 3. The van der Waals surface area contributed by atoms with Crippen molar-refractivity contribution in [3.05, 3.63) is 23.8 Å². The summed E-state index contributed by atoms with van der Waals surface area (Å²) in [4.78, 5) is 29.3. The fourth-order valence-electron chi connectivity index (χ4n) is 3.86. The average molecular weight is 436 g/mol. The van der Waals surface area contributed by atoms with Gasteiger partial charge in [0, 0.05) is 46.1 Å². The third kappa shape index (κ3) is 6.92. The molecule has 2 rings (SSSR count). The number of hydrogen-bond acceptors (Lipinski definition) is 6. The van der Waals surface area contributed by atoms with Gasteiger partial charge in [-0.1, -0.05) is 13.8 Å². The van der Waals surface area contributed by atoms with Crippen molar-refractivity contribution in [3.8, 4) is 5.75 Å². The molecule has 1 heterocycles. The second-order valence-corrected chi connectivity index (χ2v) is 8.28. The van der Waals surface area contributed by atoms with Gasteiger partial charge < -0.3 is 24.4 Å². The normalized spacial score (nSPS) is 23.4. The summed E-state index contributed by atoms with van der Waals surface area (Å²) >= 11 is 0. The van der Waals surface area contributed by atoms with Crippen molar-refractivity contribution in [2.24, 2.45) is 5.92 Å². The van der Waals surface area contributed by atoms with Gasteiger partial charge in [0.05, 0.1) is 11.7 Å². The lowest BCUT2D eigenvalue weighted by molar-refractivity contribution is -0.119. The van der Waals surface area contributed by atoms with E-state index in [0.717, 1.165) is 19.5 Å². The van der Waals surface area contributed by atoms with Crippen LogP contribution in [-0.4, -0.2) is 87.9 Å². The number of anilines is 1. The topological polar surface area (TPSA) is 80.3 Å². The highest BCUT2D eigenvalue weighted by atomic mass is 16.5. The van der Waals surface area contributed by atoms with E-state index < -0.39 is 0 Å². The van der Waals surface area contributed by atoms with Crippen LogP contribution in [0, 0.1) is 5.92 Å². The number of fused-ring (bicyclic) bond motifs is 1. The third-order valence-electron chi connectivity index (χ3n) is 5.64. The van der Waals surface area contributed by atoms with Crippen LogP contribution in [0.25, 0.3) is 0 Å². The predicted octanol–water partition coefficient (Wildman–Crippen LogP) is 2.49. The summed E-state index contributed by atoms with van der Waals surface area (Å²) < 4.78 is 16.7. The van der Waals surface area contributed by atoms with Crippen LogP contribution in [0.3, 0.4) is 0 Å². The van der Waals surface area contributed by atoms with E-state index >= 15 is 0 Å². The van der Waals surface area contributed by atoms with Gasteiger partial charge in [-0.15, -0.1) is 0 Å². The largest absolute Gasteiger partial charge is 0.491 e. The first kappa shape index (κ1) is 25.1. The Morgan fingerprint density at radius 2 is 2.00 bits per heavy atom. The lowest BCUT2D eigenvalue weighted by Gasteiger charge is -2.35. The zero-order chi connectivity index (χ0) is 23.0. The van der Waals surface area contributed by atoms with Crippen molar-refractivity contribution in [2.75, 3.05) is 59.4 Å². The summed E-state index contributed by atoms with van der Waals surface area (Å²) in [6.07, 6.45) is 0.961. The van der Waals surface area contributed by atoms with Crippen molar-refractivity contribution in [1.29, 1.82) is 0 Å². The Labute approximate surface area is 185 Å². The lowest BCUT2D eigenvalue weighted by Crippen LogP contribution is -2.46. The quantitative estimate of drug-likeness (QED) is 0.740. The van der Waals surface area contributed by atoms with Crippen molar-refractivity contribution < 1.29 is 23.8 Å². The van der Waals surface area contributed by atoms with Crippen LogP contribution in [0.1, 0.15) is 37.6 Å². The molecule has 0 aliphatic carbocycles. The summed E-state index contributed by atoms with van der Waals surface area (Å²) in [6.45, 7) is 9.18. The minimum Gasteiger partial charge on any atom is -0.491 e. The van der Waals surface area contributed by atoms with Gasteiger partial charge in [0.25, 0.3) is 5.91 Å². The monoisotopic (exact) mass is 435 g/mol. The highest BCUT2D eigenvalue weighted by Gasteiger charge is 2.28. The second-order valence-electron chi connectivity index (χ2n) is 8.28. The average Bonchev–Trinajstić information content (AvgIpc) is 2.74. The van der Waals surface area contributed by atoms with Crippen molar-refractivity contribution >= 4 is 17.5 Å². The number of amides is 2. The van der Waals surface area contributed by atoms with Gasteiger partial charge in [0.15, 0.2) is 0 Å². The molecule has 1 aliphatic heterocycles. The molecule has 0 saturated heterocycles. The molecule has 8 nitrogen and oxygen atoms in total. The van der Waals surface area contributed by atoms with E-state index in [-0.39, 0.29) is 36.5 Å². The Morgan fingerprint density at radius 1 is 1.26 bits per heavy atom. The molecule has 0 saturated carbocycles. The first-order chi connectivity index (χ1) is 14.8. The highest BCUT2D eigenvalue weighted by Crippen LogP contribution is 2.26. The molecule has 31 heavy (non-hydrogen) atoms. The molecule has 0 bridgehead atoms. The molecule has 174 valence electrons. The Morgan fingerprint density at radius 3 is 2.65 bits per heavy atom. The number of hydrogen-bond donors (Lipinski definition) is 1. The number of carbonyl (C=O) groups is 2. The molecule has 0 unspecified atom stereocenters. The fourth-order valence-corrected chi connectivity index (χ4v) is 3.86. The van der Waals surface area contributed by atoms with E-state index in [0.29, 0.717) is 30.2 Å². The SMILES string of the molecule is CCCN1C[C@@H](C)[C@H](OC)CN(C)C(=O)c2cc(NC(=O)COC)ccc2OC[C@@H]1C. The van der Waals surface area contributed by atoms with E-state index in [1.807, 2.05) is 0 Å². The molecule has 1 aliphatic rings. The third-order valence-corrected chi connectivity index (χ3v) is 5.64. The molecule has 2 amide bonds. The van der Waals surface area contributed by atoms with Crippen LogP contribution in [0.2, 0.25) is 0 Å². The molecule has 1 aromatic carbocycles. The van der Waals surface area contributed by atoms with Crippen LogP contribution in [-0.2, 0) is 14.3 Å². The predicted molar refractivity (Wildman–Crippen MR) is 121 cm³/mol. The first-order valence-electron chi connectivity index (χ1n) is 10.9. The molecule has 0 spiro atoms. The molecule has 3 atom stereocenters. The number of carbonyl (C=O) groups excluding carboxylic acids is 2. The fraction of sp³-hybridized carbons (Fsp3) is 0.652. The van der Waals surface area contributed by atoms with Gasteiger partial charge in [-0.3, -0.25) is 14.5 Å². The number of benzene rings is 1. The molecule has 0 aromatic heterocycles. The number of nitrogens with zero attached hydrogens (tertiary/aromatic N) is 2. The maximum atomic E-state index is 13.3. The van der Waals surface area contributed by atoms with Crippen molar-refractivity contribution in [1.82, 2.24) is 9.80 Å². The molecule has 1 N–H and O–H groups in total. The summed E-state index contributed by atoms with van der Waals surface area (Å²) in [5, 5.41) is 2.75. The van der Waals surface area contributed by atoms with Crippen LogP contribution < -0.4 is 10.1 Å². The van der Waals surface area contributed by atoms with E-state index in [1.165, 1.54) is 7.11 Å². The van der Waals surface area contributed by atoms with E-state index in [1.54, 1.807) is 37.3 Å². The molecular weight excluding hydrogens is 398 g/mol. The molecule has 1 aromatic rings. The standard InChI is InChI=1S/C23H37N3O5/c1-7-10-26-12-16(2)21(30-6)13-25(4)23(28)19-11-18(24-22(27)15-29-5)8-9-20(19)31-14-17(26)3/h8-9,11,16-17,21H,7,10,12-15H2,1-6H3,(H,24,27)/t16-,17+,21-/m1/s1. The molecule has 0 radical (unpaired) electrons. The van der Waals surface area contributed by atoms with Crippen molar-refractivity contribution in [2.45, 2.75) is 39.3 Å². The maximum Gasteiger partial charge on any atom is 0.257 e. The van der Waals surface area contributed by atoms with Gasteiger partial charge in [0.2, 0.25) is 5.91 Å². The van der Waals surface area contributed by atoms with E-state index in [2.05, 4.69) is 31.0 Å². The zero-order valence-electron chi connectivity index (χ0n) is 19.6. The minimum absolute atomic E-state index is 0.0559. The van der Waals surface area contributed by atoms with E-state index in [9.17, 15) is 9.59 Å². The second kappa shape index (κ2) is 12.0. The van der Waals surface area contributed by atoms with Gasteiger partial charge in [-0.2, -0.15) is 0 Å². The lowest BCUT2D eigenvalue weighted by atomic mass is 10.0. The van der Waals surface area contributed by atoms with E-state index in [4.69, 9.17) is 14.2 Å². The summed E-state index contributed by atoms with van der Waals surface area (Å²) in [6, 6.07) is 5.32. The van der Waals surface area contributed by atoms with Gasteiger partial charge in [-0.25, -0.2) is 0 Å². The summed E-state index contributed by atoms with van der Waals surface area (Å²) in [5.41, 5.74) is 0.936. The number of nitrogens with one attached hydrogen (secondary N) is 1. The smallest absolute Gasteiger partial charge is 0.257 e. The number of rotatable bonds is 6. The van der Waals surface area contributed by atoms with Crippen LogP contribution in [0.5, 0.6) is 5.75 Å². The highest BCUT2D eigenvalue weighted by molar-refractivity contribution is 5.99. The molecular formula is C23H37N3O5. The Hall–Kier alpha value is -2.16. The number of methoxy groups -OCH3 is 2. The first-order valence-corrected chi connectivity index (χ1v) is 10.9. The number of likely N-dealkylation sites (N-methyl/N-ethyl adjacent to an activating group) is 1. The summed E-state index contributed by atoms with van der Waals surface area (Å²) in [5.74, 6) is 0.292. The van der Waals surface area contributed by atoms with Crippen molar-refractivity contribution in [3.63, 3.8) is 0 Å². The van der Waals surface area contributed by atoms with Gasteiger partial charge in [-0.05, 0) is 44.0 Å². The van der Waals surface area contributed by atoms with Crippen LogP contribution >= 0.6 is 0 Å². The zero-order valence-corrected chi connectivity index (χ0v) is 19.6. The Kier molecular flexibility index (Phi) is 9.74. The minimum atomic E-state index is -0.283. The van der Waals surface area contributed by atoms with Gasteiger partial charge in [0.1, 0.15) is 19.0 Å². The Balaban J connectivity index is 2.38. The van der Waals surface area contributed by atoms with Gasteiger partial charge >= 0.3 is 0 Å².